The van der Waals surface area contributed by atoms with Crippen molar-refractivity contribution < 1.29 is 8.91 Å². The quantitative estimate of drug-likeness (QED) is 0.941. The lowest BCUT2D eigenvalue weighted by Gasteiger charge is -2.23. The van der Waals surface area contributed by atoms with E-state index >= 15 is 0 Å². The van der Waals surface area contributed by atoms with Crippen molar-refractivity contribution >= 4 is 11.6 Å². The van der Waals surface area contributed by atoms with Gasteiger partial charge in [0.2, 0.25) is 5.89 Å². The van der Waals surface area contributed by atoms with E-state index in [1.165, 1.54) is 6.07 Å². The van der Waals surface area contributed by atoms with Gasteiger partial charge in [-0.3, -0.25) is 0 Å². The number of hydrogen-bond acceptors (Lipinski definition) is 4. The van der Waals surface area contributed by atoms with E-state index in [4.69, 9.17) is 21.9 Å². The maximum atomic E-state index is 13.7. The zero-order chi connectivity index (χ0) is 14.9. The summed E-state index contributed by atoms with van der Waals surface area (Å²) in [7, 11) is 0. The van der Waals surface area contributed by atoms with Gasteiger partial charge in [0.25, 0.3) is 0 Å². The molecule has 0 aliphatic rings. The fourth-order valence-corrected chi connectivity index (χ4v) is 1.93. The number of rotatable bonds is 3. The summed E-state index contributed by atoms with van der Waals surface area (Å²) in [6, 6.07) is 4.16. The topological polar surface area (TPSA) is 64.9 Å². The highest BCUT2D eigenvalue weighted by Crippen LogP contribution is 2.29. The van der Waals surface area contributed by atoms with Crippen LogP contribution in [0.2, 0.25) is 5.02 Å². The maximum absolute atomic E-state index is 13.7. The van der Waals surface area contributed by atoms with Gasteiger partial charge in [-0.05, 0) is 17.5 Å². The highest BCUT2D eigenvalue weighted by Gasteiger charge is 2.27. The van der Waals surface area contributed by atoms with Crippen LogP contribution in [0.25, 0.3) is 0 Å². The van der Waals surface area contributed by atoms with Gasteiger partial charge < -0.3 is 10.3 Å². The SMILES string of the molecule is CC(C)(C)[C@H](N)c1nc(Cc2c(F)cccc2Cl)no1. The van der Waals surface area contributed by atoms with Crippen molar-refractivity contribution in [2.45, 2.75) is 33.2 Å². The summed E-state index contributed by atoms with van der Waals surface area (Å²) in [4.78, 5) is 4.23. The van der Waals surface area contributed by atoms with E-state index in [2.05, 4.69) is 10.1 Å². The van der Waals surface area contributed by atoms with Gasteiger partial charge >= 0.3 is 0 Å². The third-order valence-corrected chi connectivity index (χ3v) is 3.43. The van der Waals surface area contributed by atoms with Crippen LogP contribution in [-0.2, 0) is 6.42 Å². The van der Waals surface area contributed by atoms with Crippen molar-refractivity contribution in [2.75, 3.05) is 0 Å². The summed E-state index contributed by atoms with van der Waals surface area (Å²) in [5, 5.41) is 4.18. The van der Waals surface area contributed by atoms with Gasteiger partial charge in [-0.2, -0.15) is 4.98 Å². The van der Waals surface area contributed by atoms with Crippen molar-refractivity contribution in [1.29, 1.82) is 0 Å². The van der Waals surface area contributed by atoms with Crippen LogP contribution >= 0.6 is 11.6 Å². The lowest BCUT2D eigenvalue weighted by Crippen LogP contribution is -2.26. The van der Waals surface area contributed by atoms with E-state index in [-0.39, 0.29) is 23.7 Å². The Balaban J connectivity index is 2.22. The molecule has 0 saturated carbocycles. The summed E-state index contributed by atoms with van der Waals surface area (Å²) in [6.45, 7) is 5.94. The van der Waals surface area contributed by atoms with Crippen LogP contribution < -0.4 is 5.73 Å². The average Bonchev–Trinajstić information content (AvgIpc) is 2.80. The largest absolute Gasteiger partial charge is 0.338 e. The van der Waals surface area contributed by atoms with Crippen LogP contribution in [0, 0.1) is 11.2 Å². The van der Waals surface area contributed by atoms with Crippen LogP contribution in [0.3, 0.4) is 0 Å². The number of benzene rings is 1. The molecule has 0 aliphatic heterocycles. The van der Waals surface area contributed by atoms with E-state index in [0.29, 0.717) is 22.3 Å². The van der Waals surface area contributed by atoms with Crippen molar-refractivity contribution in [1.82, 2.24) is 10.1 Å². The minimum absolute atomic E-state index is 0.172. The molecule has 108 valence electrons. The smallest absolute Gasteiger partial charge is 0.244 e. The van der Waals surface area contributed by atoms with Gasteiger partial charge in [0.15, 0.2) is 5.82 Å². The molecule has 0 spiro atoms. The van der Waals surface area contributed by atoms with Crippen molar-refractivity contribution in [3.8, 4) is 0 Å². The Morgan fingerprint density at radius 1 is 1.40 bits per heavy atom. The molecule has 0 saturated heterocycles. The molecular formula is C14H17ClFN3O. The van der Waals surface area contributed by atoms with Crippen molar-refractivity contribution in [3.63, 3.8) is 0 Å². The third-order valence-electron chi connectivity index (χ3n) is 3.08. The molecule has 1 atom stereocenters. The third kappa shape index (κ3) is 3.16. The van der Waals surface area contributed by atoms with Crippen molar-refractivity contribution in [2.24, 2.45) is 11.1 Å². The Labute approximate surface area is 122 Å². The number of aromatic nitrogens is 2. The second kappa shape index (κ2) is 5.50. The van der Waals surface area contributed by atoms with Gasteiger partial charge in [-0.25, -0.2) is 4.39 Å². The molecule has 1 aromatic carbocycles. The lowest BCUT2D eigenvalue weighted by molar-refractivity contribution is 0.252. The monoisotopic (exact) mass is 297 g/mol. The van der Waals surface area contributed by atoms with E-state index in [1.807, 2.05) is 20.8 Å². The number of nitrogens with two attached hydrogens (primary N) is 1. The first-order chi connectivity index (χ1) is 9.29. The molecule has 1 heterocycles. The van der Waals surface area contributed by atoms with E-state index in [1.54, 1.807) is 12.1 Å². The first-order valence-electron chi connectivity index (χ1n) is 6.30. The molecule has 2 rings (SSSR count). The Hall–Kier alpha value is -1.46. The predicted molar refractivity (Wildman–Crippen MR) is 74.9 cm³/mol. The molecule has 4 nitrogen and oxygen atoms in total. The molecule has 2 N–H and O–H groups in total. The molecule has 0 bridgehead atoms. The second-order valence-electron chi connectivity index (χ2n) is 5.77. The summed E-state index contributed by atoms with van der Waals surface area (Å²) in [5.74, 6) is 0.329. The highest BCUT2D eigenvalue weighted by molar-refractivity contribution is 6.31. The number of hydrogen-bond donors (Lipinski definition) is 1. The molecule has 20 heavy (non-hydrogen) atoms. The molecular weight excluding hydrogens is 281 g/mol. The minimum atomic E-state index is -0.385. The Morgan fingerprint density at radius 2 is 2.10 bits per heavy atom. The van der Waals surface area contributed by atoms with Crippen LogP contribution in [0.1, 0.15) is 44.1 Å². The zero-order valence-corrected chi connectivity index (χ0v) is 12.4. The molecule has 0 aliphatic carbocycles. The van der Waals surface area contributed by atoms with Gasteiger partial charge in [0, 0.05) is 17.0 Å². The second-order valence-corrected chi connectivity index (χ2v) is 6.18. The molecule has 0 fully saturated rings. The van der Waals surface area contributed by atoms with Gasteiger partial charge in [0.05, 0.1) is 6.04 Å². The molecule has 2 aromatic rings. The van der Waals surface area contributed by atoms with E-state index < -0.39 is 0 Å². The Bertz CT molecular complexity index is 586. The van der Waals surface area contributed by atoms with Crippen LogP contribution in [-0.4, -0.2) is 10.1 Å². The maximum Gasteiger partial charge on any atom is 0.244 e. The summed E-state index contributed by atoms with van der Waals surface area (Å²) in [6.07, 6.45) is 0.172. The highest BCUT2D eigenvalue weighted by atomic mass is 35.5. The summed E-state index contributed by atoms with van der Waals surface area (Å²) < 4.78 is 18.8. The van der Waals surface area contributed by atoms with E-state index in [0.717, 1.165) is 0 Å². The predicted octanol–water partition coefficient (Wildman–Crippen LogP) is 3.50. The summed E-state index contributed by atoms with van der Waals surface area (Å²) >= 11 is 5.97. The van der Waals surface area contributed by atoms with Gasteiger partial charge in [0.1, 0.15) is 5.82 Å². The van der Waals surface area contributed by atoms with Gasteiger partial charge in [-0.1, -0.05) is 43.6 Å². The first kappa shape index (κ1) is 14.9. The zero-order valence-electron chi connectivity index (χ0n) is 11.7. The normalized spacial score (nSPS) is 13.5. The number of nitrogens with zero attached hydrogens (tertiary/aromatic N) is 2. The molecule has 0 amide bonds. The Morgan fingerprint density at radius 3 is 2.70 bits per heavy atom. The fourth-order valence-electron chi connectivity index (χ4n) is 1.70. The van der Waals surface area contributed by atoms with E-state index in [9.17, 15) is 4.39 Å². The van der Waals surface area contributed by atoms with Crippen LogP contribution in [0.5, 0.6) is 0 Å². The standard InChI is InChI=1S/C14H17ClFN3O/c1-14(2,3)12(17)13-18-11(19-20-13)7-8-9(15)5-4-6-10(8)16/h4-6,12H,7,17H2,1-3H3/t12-/m1/s1. The lowest BCUT2D eigenvalue weighted by atomic mass is 9.87. The van der Waals surface area contributed by atoms with Crippen LogP contribution in [0.4, 0.5) is 4.39 Å². The Kier molecular flexibility index (Phi) is 4.11. The molecule has 0 unspecified atom stereocenters. The minimum Gasteiger partial charge on any atom is -0.338 e. The van der Waals surface area contributed by atoms with Gasteiger partial charge in [-0.15, -0.1) is 0 Å². The first-order valence-corrected chi connectivity index (χ1v) is 6.68. The summed E-state index contributed by atoms with van der Waals surface area (Å²) in [5.41, 5.74) is 6.20. The average molecular weight is 298 g/mol. The molecule has 6 heteroatoms. The molecule has 1 aromatic heterocycles. The molecule has 0 radical (unpaired) electrons. The van der Waals surface area contributed by atoms with Crippen LogP contribution in [0.15, 0.2) is 22.7 Å². The number of halogens is 2. The fraction of sp³-hybridized carbons (Fsp3) is 0.429. The van der Waals surface area contributed by atoms with Crippen molar-refractivity contribution in [3.05, 3.63) is 46.3 Å².